The molecule has 0 saturated carbocycles. The van der Waals surface area contributed by atoms with Gasteiger partial charge in [0, 0.05) is 18.6 Å². The number of hydrogen-bond acceptors (Lipinski definition) is 4. The molecule has 0 aromatic heterocycles. The Bertz CT molecular complexity index is 398. The van der Waals surface area contributed by atoms with Crippen LogP contribution in [0.2, 0.25) is 0 Å². The van der Waals surface area contributed by atoms with Gasteiger partial charge < -0.3 is 4.74 Å². The van der Waals surface area contributed by atoms with Gasteiger partial charge in [-0.05, 0) is 5.56 Å². The SMILES string of the molecule is O=[N+]([O-])c1ccc(CC2=NCCO2)cc1. The molecule has 78 valence electrons. The molecule has 0 amide bonds. The van der Waals surface area contributed by atoms with Crippen molar-refractivity contribution in [2.75, 3.05) is 13.2 Å². The second-order valence-electron chi connectivity index (χ2n) is 3.22. The first-order chi connectivity index (χ1) is 7.25. The molecule has 1 aliphatic heterocycles. The van der Waals surface area contributed by atoms with Crippen LogP contribution in [0.25, 0.3) is 0 Å². The molecule has 5 heteroatoms. The number of rotatable bonds is 3. The normalized spacial score (nSPS) is 14.5. The van der Waals surface area contributed by atoms with Gasteiger partial charge in [-0.2, -0.15) is 0 Å². The van der Waals surface area contributed by atoms with E-state index in [4.69, 9.17) is 4.74 Å². The van der Waals surface area contributed by atoms with Gasteiger partial charge in [0.1, 0.15) is 6.61 Å². The molecule has 5 nitrogen and oxygen atoms in total. The summed E-state index contributed by atoms with van der Waals surface area (Å²) in [6.45, 7) is 1.35. The molecule has 2 rings (SSSR count). The molecular weight excluding hydrogens is 196 g/mol. The van der Waals surface area contributed by atoms with Crippen molar-refractivity contribution in [2.24, 2.45) is 4.99 Å². The molecule has 0 unspecified atom stereocenters. The van der Waals surface area contributed by atoms with Crippen molar-refractivity contribution >= 4 is 11.6 Å². The largest absolute Gasteiger partial charge is 0.479 e. The Balaban J connectivity index is 2.06. The lowest BCUT2D eigenvalue weighted by Crippen LogP contribution is -2.03. The maximum absolute atomic E-state index is 10.4. The lowest BCUT2D eigenvalue weighted by atomic mass is 10.1. The topological polar surface area (TPSA) is 64.7 Å². The predicted molar refractivity (Wildman–Crippen MR) is 55.1 cm³/mol. The fraction of sp³-hybridized carbons (Fsp3) is 0.300. The Hall–Kier alpha value is -1.91. The molecule has 0 aliphatic carbocycles. The number of nitro groups is 1. The average molecular weight is 206 g/mol. The highest BCUT2D eigenvalue weighted by atomic mass is 16.6. The summed E-state index contributed by atoms with van der Waals surface area (Å²) in [5.74, 6) is 0.712. The standard InChI is InChI=1S/C10H10N2O3/c13-12(14)9-3-1-8(2-4-9)7-10-11-5-6-15-10/h1-4H,5-7H2. The zero-order chi connectivity index (χ0) is 10.7. The van der Waals surface area contributed by atoms with E-state index >= 15 is 0 Å². The van der Waals surface area contributed by atoms with Gasteiger partial charge in [-0.3, -0.25) is 15.1 Å². The summed E-state index contributed by atoms with van der Waals surface area (Å²) in [6, 6.07) is 6.43. The van der Waals surface area contributed by atoms with Crippen LogP contribution in [-0.4, -0.2) is 24.0 Å². The molecule has 1 aromatic carbocycles. The Kier molecular flexibility index (Phi) is 2.62. The van der Waals surface area contributed by atoms with Crippen molar-refractivity contribution < 1.29 is 9.66 Å². The number of ether oxygens (including phenoxy) is 1. The monoisotopic (exact) mass is 206 g/mol. The Morgan fingerprint density at radius 3 is 2.67 bits per heavy atom. The minimum absolute atomic E-state index is 0.105. The quantitative estimate of drug-likeness (QED) is 0.557. The number of hydrogen-bond donors (Lipinski definition) is 0. The Morgan fingerprint density at radius 2 is 2.13 bits per heavy atom. The molecule has 0 spiro atoms. The van der Waals surface area contributed by atoms with Gasteiger partial charge in [-0.15, -0.1) is 0 Å². The first-order valence-corrected chi connectivity index (χ1v) is 4.65. The van der Waals surface area contributed by atoms with Crippen LogP contribution in [0.15, 0.2) is 29.3 Å². The van der Waals surface area contributed by atoms with Crippen molar-refractivity contribution in [2.45, 2.75) is 6.42 Å². The van der Waals surface area contributed by atoms with E-state index in [0.29, 0.717) is 25.5 Å². The summed E-state index contributed by atoms with van der Waals surface area (Å²) in [5.41, 5.74) is 1.08. The molecule has 15 heavy (non-hydrogen) atoms. The van der Waals surface area contributed by atoms with Crippen molar-refractivity contribution in [1.82, 2.24) is 0 Å². The number of nitrogens with zero attached hydrogens (tertiary/aromatic N) is 2. The van der Waals surface area contributed by atoms with Crippen molar-refractivity contribution in [3.63, 3.8) is 0 Å². The molecule has 0 fully saturated rings. The molecule has 0 saturated heterocycles. The second-order valence-corrected chi connectivity index (χ2v) is 3.22. The summed E-state index contributed by atoms with van der Waals surface area (Å²) in [7, 11) is 0. The van der Waals surface area contributed by atoms with Crippen LogP contribution in [0.3, 0.4) is 0 Å². The van der Waals surface area contributed by atoms with Gasteiger partial charge in [0.25, 0.3) is 5.69 Å². The molecule has 0 radical (unpaired) electrons. The predicted octanol–water partition coefficient (Wildman–Crippen LogP) is 1.57. The number of aliphatic imine (C=N–C) groups is 1. The van der Waals surface area contributed by atoms with Crippen LogP contribution in [0.1, 0.15) is 5.56 Å². The Labute approximate surface area is 86.5 Å². The van der Waals surface area contributed by atoms with E-state index in [1.165, 1.54) is 12.1 Å². The molecule has 1 aliphatic rings. The minimum Gasteiger partial charge on any atom is -0.479 e. The third kappa shape index (κ3) is 2.31. The van der Waals surface area contributed by atoms with Crippen LogP contribution in [-0.2, 0) is 11.2 Å². The van der Waals surface area contributed by atoms with E-state index in [1.54, 1.807) is 12.1 Å². The van der Waals surface area contributed by atoms with Gasteiger partial charge in [0.2, 0.25) is 0 Å². The lowest BCUT2D eigenvalue weighted by Gasteiger charge is -2.01. The fourth-order valence-corrected chi connectivity index (χ4v) is 1.40. The van der Waals surface area contributed by atoms with E-state index in [1.807, 2.05) is 0 Å². The third-order valence-electron chi connectivity index (χ3n) is 2.15. The van der Waals surface area contributed by atoms with Crippen molar-refractivity contribution in [3.8, 4) is 0 Å². The molecule has 1 heterocycles. The summed E-state index contributed by atoms with van der Waals surface area (Å²) in [5, 5.41) is 10.4. The highest BCUT2D eigenvalue weighted by Crippen LogP contribution is 2.13. The molecule has 0 bridgehead atoms. The van der Waals surface area contributed by atoms with E-state index in [-0.39, 0.29) is 5.69 Å². The first-order valence-electron chi connectivity index (χ1n) is 4.65. The highest BCUT2D eigenvalue weighted by Gasteiger charge is 2.09. The molecule has 0 atom stereocenters. The van der Waals surface area contributed by atoms with Crippen LogP contribution in [0.4, 0.5) is 5.69 Å². The van der Waals surface area contributed by atoms with E-state index in [2.05, 4.69) is 4.99 Å². The maximum atomic E-state index is 10.4. The molecular formula is C10H10N2O3. The number of nitro benzene ring substituents is 1. The first kappa shape index (κ1) is 9.64. The summed E-state index contributed by atoms with van der Waals surface area (Å²) in [6.07, 6.45) is 0.609. The molecule has 0 N–H and O–H groups in total. The zero-order valence-electron chi connectivity index (χ0n) is 8.05. The van der Waals surface area contributed by atoms with E-state index in [9.17, 15) is 10.1 Å². The summed E-state index contributed by atoms with van der Waals surface area (Å²) < 4.78 is 5.25. The second kappa shape index (κ2) is 4.08. The van der Waals surface area contributed by atoms with Gasteiger partial charge in [0.15, 0.2) is 5.90 Å². The van der Waals surface area contributed by atoms with Crippen molar-refractivity contribution in [1.29, 1.82) is 0 Å². The minimum atomic E-state index is -0.409. The van der Waals surface area contributed by atoms with Gasteiger partial charge >= 0.3 is 0 Å². The Morgan fingerprint density at radius 1 is 1.40 bits per heavy atom. The van der Waals surface area contributed by atoms with Crippen LogP contribution < -0.4 is 0 Å². The van der Waals surface area contributed by atoms with E-state index < -0.39 is 4.92 Å². The zero-order valence-corrected chi connectivity index (χ0v) is 8.05. The van der Waals surface area contributed by atoms with Gasteiger partial charge in [0.05, 0.1) is 11.5 Å². The van der Waals surface area contributed by atoms with Gasteiger partial charge in [-0.25, -0.2) is 0 Å². The number of benzene rings is 1. The summed E-state index contributed by atoms with van der Waals surface area (Å²) in [4.78, 5) is 14.2. The van der Waals surface area contributed by atoms with Crippen LogP contribution in [0.5, 0.6) is 0 Å². The van der Waals surface area contributed by atoms with E-state index in [0.717, 1.165) is 5.56 Å². The molecule has 1 aromatic rings. The maximum Gasteiger partial charge on any atom is 0.269 e. The lowest BCUT2D eigenvalue weighted by molar-refractivity contribution is -0.384. The highest BCUT2D eigenvalue weighted by molar-refractivity contribution is 5.79. The van der Waals surface area contributed by atoms with Crippen molar-refractivity contribution in [3.05, 3.63) is 39.9 Å². The average Bonchev–Trinajstić information content (AvgIpc) is 2.71. The van der Waals surface area contributed by atoms with Gasteiger partial charge in [-0.1, -0.05) is 12.1 Å². The number of non-ortho nitro benzene ring substituents is 1. The van der Waals surface area contributed by atoms with Crippen LogP contribution in [0, 0.1) is 10.1 Å². The summed E-state index contributed by atoms with van der Waals surface area (Å²) >= 11 is 0. The van der Waals surface area contributed by atoms with Crippen LogP contribution >= 0.6 is 0 Å². The smallest absolute Gasteiger partial charge is 0.269 e. The third-order valence-corrected chi connectivity index (χ3v) is 2.15. The fourth-order valence-electron chi connectivity index (χ4n) is 1.40.